The Bertz CT molecular complexity index is 1140. The van der Waals surface area contributed by atoms with E-state index >= 15 is 0 Å². The SMILES string of the molecule is N[C@@H](Cc1ccccc1)C(=O)N1CCC[C@H]1C(=O)N1CCCC[C@H]1C(=O)N[C@H](CC(=O)O)Cc1ccccc1. The number of hydrogen-bond donors (Lipinski definition) is 3. The second-order valence-electron chi connectivity index (χ2n) is 10.5. The predicted molar refractivity (Wildman–Crippen MR) is 147 cm³/mol. The minimum Gasteiger partial charge on any atom is -0.481 e. The van der Waals surface area contributed by atoms with E-state index in [0.29, 0.717) is 45.2 Å². The number of amides is 3. The molecule has 0 aromatic heterocycles. The van der Waals surface area contributed by atoms with E-state index in [4.69, 9.17) is 5.73 Å². The third-order valence-electron chi connectivity index (χ3n) is 7.62. The molecular formula is C30H38N4O5. The van der Waals surface area contributed by atoms with Gasteiger partial charge >= 0.3 is 5.97 Å². The summed E-state index contributed by atoms with van der Waals surface area (Å²) in [5.41, 5.74) is 8.16. The lowest BCUT2D eigenvalue weighted by atomic mass is 9.97. The summed E-state index contributed by atoms with van der Waals surface area (Å²) in [6.07, 6.45) is 3.84. The standard InChI is InChI=1S/C30H38N4O5/c31-24(19-22-12-5-2-6-13-22)29(38)34-17-9-15-26(34)30(39)33-16-8-7-14-25(33)28(37)32-23(20-27(35)36)18-21-10-3-1-4-11-21/h1-6,10-13,23-26H,7-9,14-20,31H2,(H,32,37)(H,35,36)/t23-,24-,25-,26-/m0/s1. The summed E-state index contributed by atoms with van der Waals surface area (Å²) in [5.74, 6) is -1.83. The number of benzene rings is 2. The Morgan fingerprint density at radius 1 is 0.821 bits per heavy atom. The number of piperidine rings is 1. The largest absolute Gasteiger partial charge is 0.481 e. The Balaban J connectivity index is 1.43. The van der Waals surface area contributed by atoms with Crippen molar-refractivity contribution in [3.63, 3.8) is 0 Å². The van der Waals surface area contributed by atoms with Gasteiger partial charge in [0.25, 0.3) is 0 Å². The monoisotopic (exact) mass is 534 g/mol. The van der Waals surface area contributed by atoms with E-state index in [1.807, 2.05) is 60.7 Å². The minimum atomic E-state index is -1.00. The first-order chi connectivity index (χ1) is 18.8. The summed E-state index contributed by atoms with van der Waals surface area (Å²) >= 11 is 0. The number of nitrogens with two attached hydrogens (primary N) is 1. The molecule has 0 unspecified atom stereocenters. The van der Waals surface area contributed by atoms with E-state index in [1.165, 1.54) is 0 Å². The second kappa shape index (κ2) is 13.4. The van der Waals surface area contributed by atoms with Gasteiger partial charge in [0.1, 0.15) is 12.1 Å². The molecule has 9 nitrogen and oxygen atoms in total. The Morgan fingerprint density at radius 3 is 2.05 bits per heavy atom. The Hall–Kier alpha value is -3.72. The fourth-order valence-corrected chi connectivity index (χ4v) is 5.70. The van der Waals surface area contributed by atoms with Gasteiger partial charge in [0, 0.05) is 19.1 Å². The molecule has 2 saturated heterocycles. The van der Waals surface area contributed by atoms with Crippen LogP contribution in [0.5, 0.6) is 0 Å². The molecular weight excluding hydrogens is 496 g/mol. The van der Waals surface area contributed by atoms with E-state index in [9.17, 15) is 24.3 Å². The quantitative estimate of drug-likeness (QED) is 0.428. The second-order valence-corrected chi connectivity index (χ2v) is 10.5. The van der Waals surface area contributed by atoms with Gasteiger partial charge < -0.3 is 26.0 Å². The number of nitrogens with one attached hydrogen (secondary N) is 1. The van der Waals surface area contributed by atoms with E-state index < -0.39 is 30.1 Å². The van der Waals surface area contributed by atoms with Crippen molar-refractivity contribution < 1.29 is 24.3 Å². The summed E-state index contributed by atoms with van der Waals surface area (Å²) in [6.45, 7) is 0.883. The highest BCUT2D eigenvalue weighted by molar-refractivity contribution is 5.94. The first-order valence-corrected chi connectivity index (χ1v) is 13.8. The molecule has 208 valence electrons. The zero-order valence-electron chi connectivity index (χ0n) is 22.2. The topological polar surface area (TPSA) is 133 Å². The summed E-state index contributed by atoms with van der Waals surface area (Å²) in [5, 5.41) is 12.3. The van der Waals surface area contributed by atoms with Gasteiger partial charge in [0.05, 0.1) is 12.5 Å². The predicted octanol–water partition coefficient (Wildman–Crippen LogP) is 2.13. The summed E-state index contributed by atoms with van der Waals surface area (Å²) in [4.78, 5) is 55.2. The van der Waals surface area contributed by atoms with Crippen LogP contribution in [0.15, 0.2) is 60.7 Å². The van der Waals surface area contributed by atoms with Gasteiger partial charge in [0.15, 0.2) is 0 Å². The molecule has 2 aromatic rings. The maximum atomic E-state index is 13.8. The third-order valence-corrected chi connectivity index (χ3v) is 7.62. The summed E-state index contributed by atoms with van der Waals surface area (Å²) in [6, 6.07) is 16.3. The van der Waals surface area contributed by atoms with Crippen LogP contribution in [-0.4, -0.2) is 75.9 Å². The maximum absolute atomic E-state index is 13.8. The van der Waals surface area contributed by atoms with E-state index in [0.717, 1.165) is 24.0 Å². The number of rotatable bonds is 10. The van der Waals surface area contributed by atoms with Crippen LogP contribution in [0.1, 0.15) is 49.7 Å². The Morgan fingerprint density at radius 2 is 1.41 bits per heavy atom. The van der Waals surface area contributed by atoms with Gasteiger partial charge in [-0.1, -0.05) is 60.7 Å². The van der Waals surface area contributed by atoms with Crippen LogP contribution in [0.2, 0.25) is 0 Å². The molecule has 4 atom stereocenters. The van der Waals surface area contributed by atoms with Crippen LogP contribution < -0.4 is 11.1 Å². The van der Waals surface area contributed by atoms with Crippen molar-refractivity contribution in [2.45, 2.75) is 75.5 Å². The van der Waals surface area contributed by atoms with Crippen LogP contribution in [0.4, 0.5) is 0 Å². The fourth-order valence-electron chi connectivity index (χ4n) is 5.70. The van der Waals surface area contributed by atoms with Crippen LogP contribution >= 0.6 is 0 Å². The smallest absolute Gasteiger partial charge is 0.305 e. The zero-order chi connectivity index (χ0) is 27.8. The van der Waals surface area contributed by atoms with Gasteiger partial charge in [-0.2, -0.15) is 0 Å². The summed E-state index contributed by atoms with van der Waals surface area (Å²) < 4.78 is 0. The molecule has 3 amide bonds. The maximum Gasteiger partial charge on any atom is 0.305 e. The van der Waals surface area contributed by atoms with Crippen molar-refractivity contribution in [3.8, 4) is 0 Å². The van der Waals surface area contributed by atoms with Crippen LogP contribution in [0, 0.1) is 0 Å². The highest BCUT2D eigenvalue weighted by atomic mass is 16.4. The van der Waals surface area contributed by atoms with Crippen molar-refractivity contribution >= 4 is 23.7 Å². The molecule has 2 aromatic carbocycles. The molecule has 2 aliphatic heterocycles. The van der Waals surface area contributed by atoms with Gasteiger partial charge in [-0.15, -0.1) is 0 Å². The molecule has 0 saturated carbocycles. The van der Waals surface area contributed by atoms with Crippen molar-refractivity contribution in [2.75, 3.05) is 13.1 Å². The number of likely N-dealkylation sites (tertiary alicyclic amines) is 2. The number of carbonyl (C=O) groups excluding carboxylic acids is 3. The number of hydrogen-bond acceptors (Lipinski definition) is 5. The first kappa shape index (κ1) is 28.3. The molecule has 2 heterocycles. The normalized spacial score (nSPS) is 20.7. The Kier molecular flexibility index (Phi) is 9.70. The average molecular weight is 535 g/mol. The average Bonchev–Trinajstić information content (AvgIpc) is 3.43. The molecule has 39 heavy (non-hydrogen) atoms. The van der Waals surface area contributed by atoms with E-state index in [2.05, 4.69) is 5.32 Å². The van der Waals surface area contributed by atoms with E-state index in [1.54, 1.807) is 9.80 Å². The number of nitrogens with zero attached hydrogens (tertiary/aromatic N) is 2. The molecule has 2 fully saturated rings. The highest BCUT2D eigenvalue weighted by Gasteiger charge is 2.42. The van der Waals surface area contributed by atoms with Crippen molar-refractivity contribution in [2.24, 2.45) is 5.73 Å². The fraction of sp³-hybridized carbons (Fsp3) is 0.467. The van der Waals surface area contributed by atoms with Gasteiger partial charge in [-0.25, -0.2) is 0 Å². The lowest BCUT2D eigenvalue weighted by Crippen LogP contribution is -2.59. The van der Waals surface area contributed by atoms with Crippen molar-refractivity contribution in [1.82, 2.24) is 15.1 Å². The number of carboxylic acids is 1. The van der Waals surface area contributed by atoms with Gasteiger partial charge in [-0.3, -0.25) is 19.2 Å². The van der Waals surface area contributed by atoms with Gasteiger partial charge in [0.2, 0.25) is 17.7 Å². The first-order valence-electron chi connectivity index (χ1n) is 13.8. The molecule has 0 radical (unpaired) electrons. The molecule has 9 heteroatoms. The zero-order valence-corrected chi connectivity index (χ0v) is 22.2. The lowest BCUT2D eigenvalue weighted by Gasteiger charge is -2.38. The molecule has 0 spiro atoms. The molecule has 2 aliphatic rings. The molecule has 4 rings (SSSR count). The van der Waals surface area contributed by atoms with Gasteiger partial charge in [-0.05, 0) is 56.1 Å². The third kappa shape index (κ3) is 7.44. The highest BCUT2D eigenvalue weighted by Crippen LogP contribution is 2.25. The number of carboxylic acid groups (broad SMARTS) is 1. The Labute approximate surface area is 229 Å². The van der Waals surface area contributed by atoms with Crippen molar-refractivity contribution in [1.29, 1.82) is 0 Å². The number of aliphatic carboxylic acids is 1. The molecule has 0 aliphatic carbocycles. The summed E-state index contributed by atoms with van der Waals surface area (Å²) in [7, 11) is 0. The van der Waals surface area contributed by atoms with E-state index in [-0.39, 0.29) is 24.1 Å². The van der Waals surface area contributed by atoms with Crippen LogP contribution in [0.3, 0.4) is 0 Å². The van der Waals surface area contributed by atoms with Crippen LogP contribution in [0.25, 0.3) is 0 Å². The number of carbonyl (C=O) groups is 4. The van der Waals surface area contributed by atoms with Crippen LogP contribution in [-0.2, 0) is 32.0 Å². The minimum absolute atomic E-state index is 0.217. The molecule has 0 bridgehead atoms. The van der Waals surface area contributed by atoms with Crippen molar-refractivity contribution in [3.05, 3.63) is 71.8 Å². The molecule has 4 N–H and O–H groups in total. The lowest BCUT2D eigenvalue weighted by molar-refractivity contribution is -0.150.